The van der Waals surface area contributed by atoms with E-state index in [9.17, 15) is 49.2 Å². The third kappa shape index (κ3) is 6.23. The smallest absolute Gasteiger partial charge is 0.417 e. The second-order valence-electron chi connectivity index (χ2n) is 12.0. The van der Waals surface area contributed by atoms with E-state index < -0.39 is 96.1 Å². The van der Waals surface area contributed by atoms with Crippen LogP contribution in [0.5, 0.6) is 11.5 Å². The molecule has 4 aliphatic rings. The Hall–Kier alpha value is -4.30. The summed E-state index contributed by atoms with van der Waals surface area (Å²) in [5, 5.41) is 39.5. The quantitative estimate of drug-likeness (QED) is 0.202. The van der Waals surface area contributed by atoms with E-state index in [1.807, 2.05) is 0 Å². The maximum Gasteiger partial charge on any atom is 0.417 e. The molecule has 8 atom stereocenters. The Morgan fingerprint density at radius 2 is 1.47 bits per heavy atom. The minimum Gasteiger partial charge on any atom is -0.493 e. The zero-order valence-corrected chi connectivity index (χ0v) is 25.5. The van der Waals surface area contributed by atoms with Crippen LogP contribution in [0.4, 0.5) is 10.5 Å². The molecule has 5 rings (SSSR count). The van der Waals surface area contributed by atoms with E-state index >= 15 is 0 Å². The molecule has 0 bridgehead atoms. The molecule has 1 aromatic carbocycles. The van der Waals surface area contributed by atoms with Crippen LogP contribution < -0.4 is 14.4 Å². The fraction of sp³-hybridized carbons (Fsp3) is 0.517. The number of methoxy groups -OCH3 is 1. The second kappa shape index (κ2) is 12.4. The predicted molar refractivity (Wildman–Crippen MR) is 150 cm³/mol. The number of nitrogens with zero attached hydrogens (tertiary/aromatic N) is 2. The highest BCUT2D eigenvalue weighted by Gasteiger charge is 2.52. The van der Waals surface area contributed by atoms with Gasteiger partial charge in [0.15, 0.2) is 42.5 Å². The van der Waals surface area contributed by atoms with Gasteiger partial charge in [0, 0.05) is 12.6 Å². The van der Waals surface area contributed by atoms with Gasteiger partial charge >= 0.3 is 6.09 Å². The van der Waals surface area contributed by atoms with E-state index in [2.05, 4.69) is 6.58 Å². The largest absolute Gasteiger partial charge is 0.493 e. The zero-order valence-electron chi connectivity index (χ0n) is 25.5. The van der Waals surface area contributed by atoms with Crippen molar-refractivity contribution in [2.45, 2.75) is 82.4 Å². The molecule has 4 heterocycles. The van der Waals surface area contributed by atoms with Crippen LogP contribution in [0.15, 0.2) is 24.3 Å². The Morgan fingerprint density at radius 1 is 0.894 bits per heavy atom. The van der Waals surface area contributed by atoms with Gasteiger partial charge < -0.3 is 53.7 Å². The number of fused-ring (bicyclic) bond motifs is 2. The van der Waals surface area contributed by atoms with Crippen LogP contribution >= 0.6 is 0 Å². The van der Waals surface area contributed by atoms with Gasteiger partial charge in [-0.2, -0.15) is 0 Å². The lowest BCUT2D eigenvalue weighted by Gasteiger charge is -2.39. The van der Waals surface area contributed by atoms with Gasteiger partial charge in [0.25, 0.3) is 23.8 Å². The van der Waals surface area contributed by atoms with E-state index in [0.717, 1.165) is 17.0 Å². The van der Waals surface area contributed by atoms with Gasteiger partial charge in [0.05, 0.1) is 24.4 Å². The van der Waals surface area contributed by atoms with Gasteiger partial charge in [-0.15, -0.1) is 0 Å². The van der Waals surface area contributed by atoms with Crippen molar-refractivity contribution in [3.05, 3.63) is 29.8 Å². The SMILES string of the molecule is C=C1C[C@H]2[C@H](OC3OC(O)C(O)C(=O)C3=O)N(C(=O)OC(C)(C)C)c3cc(OC4OC(O)C(O)C(=O)C4=O)c(OC)cc3C(=O)N2C1. The third-order valence-corrected chi connectivity index (χ3v) is 7.51. The monoisotopic (exact) mass is 664 g/mol. The maximum absolute atomic E-state index is 14.1. The van der Waals surface area contributed by atoms with Gasteiger partial charge in [-0.1, -0.05) is 12.2 Å². The van der Waals surface area contributed by atoms with Crippen molar-refractivity contribution in [2.75, 3.05) is 18.6 Å². The highest BCUT2D eigenvalue weighted by Crippen LogP contribution is 2.44. The lowest BCUT2D eigenvalue weighted by atomic mass is 10.1. The number of anilines is 1. The average Bonchev–Trinajstić information content (AvgIpc) is 3.36. The Balaban J connectivity index is 1.66. The summed E-state index contributed by atoms with van der Waals surface area (Å²) in [7, 11) is 1.18. The molecule has 18 heteroatoms. The molecule has 0 radical (unpaired) electrons. The molecule has 0 saturated carbocycles. The first-order valence-corrected chi connectivity index (χ1v) is 14.2. The zero-order chi connectivity index (χ0) is 34.7. The van der Waals surface area contributed by atoms with Gasteiger partial charge in [-0.05, 0) is 33.3 Å². The number of amides is 2. The maximum atomic E-state index is 14.1. The van der Waals surface area contributed by atoms with Crippen molar-refractivity contribution in [3.8, 4) is 11.5 Å². The molecule has 0 aliphatic carbocycles. The first-order valence-electron chi connectivity index (χ1n) is 14.2. The number of hydrogen-bond donors (Lipinski definition) is 4. The highest BCUT2D eigenvalue weighted by atomic mass is 16.8. The molecule has 2 amide bonds. The van der Waals surface area contributed by atoms with Gasteiger partial charge in [0.2, 0.25) is 17.9 Å². The third-order valence-electron chi connectivity index (χ3n) is 7.51. The van der Waals surface area contributed by atoms with E-state index in [4.69, 9.17) is 28.4 Å². The first-order chi connectivity index (χ1) is 21.9. The summed E-state index contributed by atoms with van der Waals surface area (Å²) in [6.07, 6.45) is -15.7. The number of ether oxygens (including phenoxy) is 6. The van der Waals surface area contributed by atoms with Gasteiger partial charge in [-0.25, -0.2) is 9.69 Å². The van der Waals surface area contributed by atoms with Crippen LogP contribution in [0.2, 0.25) is 0 Å². The molecule has 47 heavy (non-hydrogen) atoms. The van der Waals surface area contributed by atoms with Crippen molar-refractivity contribution in [1.82, 2.24) is 4.90 Å². The van der Waals surface area contributed by atoms with Crippen LogP contribution in [0.3, 0.4) is 0 Å². The Labute approximate surface area is 265 Å². The van der Waals surface area contributed by atoms with Crippen LogP contribution in [0.25, 0.3) is 0 Å². The number of aliphatic hydroxyl groups is 4. The average molecular weight is 665 g/mol. The van der Waals surface area contributed by atoms with E-state index in [1.54, 1.807) is 20.8 Å². The Morgan fingerprint density at radius 3 is 2.04 bits per heavy atom. The molecule has 4 aliphatic heterocycles. The molecule has 1 aromatic rings. The van der Waals surface area contributed by atoms with Crippen molar-refractivity contribution in [2.24, 2.45) is 0 Å². The number of rotatable bonds is 5. The molecule has 0 aromatic heterocycles. The normalized spacial score (nSPS) is 31.4. The van der Waals surface area contributed by atoms with Crippen LogP contribution in [-0.2, 0) is 38.1 Å². The minimum absolute atomic E-state index is 0.0248. The first kappa shape index (κ1) is 34.0. The van der Waals surface area contributed by atoms with Gasteiger partial charge in [0.1, 0.15) is 5.60 Å². The molecule has 3 fully saturated rings. The Bertz CT molecular complexity index is 1550. The summed E-state index contributed by atoms with van der Waals surface area (Å²) in [5.74, 6) is -6.85. The number of Topliss-reactive ketones (excluding diaryl/α,β-unsaturated/α-hetero) is 4. The number of ketones is 4. The number of carbonyl (C=O) groups excluding carboxylic acids is 6. The predicted octanol–water partition coefficient (Wildman–Crippen LogP) is -1.71. The van der Waals surface area contributed by atoms with Crippen molar-refractivity contribution in [1.29, 1.82) is 0 Å². The van der Waals surface area contributed by atoms with Crippen LogP contribution in [-0.4, -0.2) is 129 Å². The summed E-state index contributed by atoms with van der Waals surface area (Å²) >= 11 is 0. The molecule has 18 nitrogen and oxygen atoms in total. The van der Waals surface area contributed by atoms with E-state index in [0.29, 0.717) is 5.57 Å². The summed E-state index contributed by atoms with van der Waals surface area (Å²) < 4.78 is 32.5. The lowest BCUT2D eigenvalue weighted by molar-refractivity contribution is -0.269. The van der Waals surface area contributed by atoms with E-state index in [-0.39, 0.29) is 30.0 Å². The lowest BCUT2D eigenvalue weighted by Crippen LogP contribution is -2.59. The number of carbonyl (C=O) groups is 6. The summed E-state index contributed by atoms with van der Waals surface area (Å²) in [5.41, 5.74) is -1.11. The van der Waals surface area contributed by atoms with Gasteiger partial charge in [-0.3, -0.25) is 24.0 Å². The topological polar surface area (TPSA) is 245 Å². The summed E-state index contributed by atoms with van der Waals surface area (Å²) in [4.78, 5) is 80.0. The van der Waals surface area contributed by atoms with Crippen molar-refractivity contribution in [3.63, 3.8) is 0 Å². The van der Waals surface area contributed by atoms with Crippen molar-refractivity contribution >= 4 is 40.8 Å². The standard InChI is InChI=1S/C29H32N2O16/c1-10-6-13-23(44-27-21(37)17(33)19(35)25(40)46-27)31(28(41)47-29(2,3)4)12-8-15(14(42-5)7-11(12)22(38)30(13)9-10)43-26-20(36)16(32)18(34)24(39)45-26/h7-8,13,18-19,23-27,34-35,39-40H,1,6,9H2,2-5H3/t13-,18?,19?,23-,24?,25?,26?,27?/m0/s1. The number of hydrogen-bond acceptors (Lipinski definition) is 16. The minimum atomic E-state index is -2.19. The number of aliphatic hydroxyl groups excluding tert-OH is 4. The molecule has 0 spiro atoms. The second-order valence-corrected chi connectivity index (χ2v) is 12.0. The Kier molecular flexibility index (Phi) is 8.97. The summed E-state index contributed by atoms with van der Waals surface area (Å²) in [6.45, 7) is 8.54. The fourth-order valence-electron chi connectivity index (χ4n) is 5.33. The molecular weight excluding hydrogens is 632 g/mol. The number of benzene rings is 1. The van der Waals surface area contributed by atoms with Crippen LogP contribution in [0, 0.1) is 0 Å². The van der Waals surface area contributed by atoms with Crippen LogP contribution in [0.1, 0.15) is 37.6 Å². The van der Waals surface area contributed by atoms with E-state index in [1.165, 1.54) is 12.0 Å². The molecular formula is C29H32N2O16. The molecule has 254 valence electrons. The molecule has 4 N–H and O–H groups in total. The molecule has 6 unspecified atom stereocenters. The fourth-order valence-corrected chi connectivity index (χ4v) is 5.33. The summed E-state index contributed by atoms with van der Waals surface area (Å²) in [6, 6.07) is 1.12. The van der Waals surface area contributed by atoms with Crippen molar-refractivity contribution < 1.29 is 77.6 Å². The highest BCUT2D eigenvalue weighted by molar-refractivity contribution is 6.41. The molecule has 3 saturated heterocycles.